The molecule has 1 saturated heterocycles. The molecule has 1 aliphatic carbocycles. The molecule has 1 atom stereocenters. The lowest BCUT2D eigenvalue weighted by Gasteiger charge is -2.30. The fourth-order valence-corrected chi connectivity index (χ4v) is 2.82. The molecule has 1 fully saturated rings. The normalized spacial score (nSPS) is 24.9. The summed E-state index contributed by atoms with van der Waals surface area (Å²) < 4.78 is 5.34. The summed E-state index contributed by atoms with van der Waals surface area (Å²) in [6.45, 7) is 3.62. The minimum atomic E-state index is 0.515. The Kier molecular flexibility index (Phi) is 3.34. The molecule has 0 aromatic heterocycles. The van der Waals surface area contributed by atoms with Gasteiger partial charge >= 0.3 is 0 Å². The van der Waals surface area contributed by atoms with Gasteiger partial charge in [-0.15, -0.1) is 0 Å². The topological polar surface area (TPSA) is 24.5 Å². The Balaban J connectivity index is 1.61. The quantitative estimate of drug-likeness (QED) is 0.866. The van der Waals surface area contributed by atoms with Crippen molar-refractivity contribution < 1.29 is 4.74 Å². The Hall–Kier alpha value is -0.610. The fraction of sp³-hybridized carbons (Fsp3) is 0.538. The van der Waals surface area contributed by atoms with E-state index in [1.165, 1.54) is 11.1 Å². The van der Waals surface area contributed by atoms with E-state index in [0.717, 1.165) is 44.2 Å². The first kappa shape index (κ1) is 11.5. The second-order valence-electron chi connectivity index (χ2n) is 4.75. The summed E-state index contributed by atoms with van der Waals surface area (Å²) in [5, 5.41) is 3.12. The van der Waals surface area contributed by atoms with Crippen molar-refractivity contribution in [2.75, 3.05) is 26.3 Å². The third-order valence-corrected chi connectivity index (χ3v) is 3.71. The molecule has 0 spiro atoms. The fourth-order valence-electron chi connectivity index (χ4n) is 2.63. The van der Waals surface area contributed by atoms with Crippen LogP contribution in [0.3, 0.4) is 0 Å². The first-order chi connectivity index (χ1) is 8.31. The van der Waals surface area contributed by atoms with Crippen LogP contribution in [0.1, 0.15) is 11.1 Å². The summed E-state index contributed by atoms with van der Waals surface area (Å²) >= 11 is 6.02. The van der Waals surface area contributed by atoms with Crippen molar-refractivity contribution >= 4 is 11.6 Å². The number of fused-ring (bicyclic) bond motifs is 1. The van der Waals surface area contributed by atoms with Crippen LogP contribution in [0, 0.1) is 0 Å². The van der Waals surface area contributed by atoms with Crippen molar-refractivity contribution in [1.29, 1.82) is 0 Å². The van der Waals surface area contributed by atoms with Gasteiger partial charge in [0, 0.05) is 24.2 Å². The molecule has 1 heterocycles. The zero-order valence-corrected chi connectivity index (χ0v) is 10.5. The van der Waals surface area contributed by atoms with E-state index in [2.05, 4.69) is 22.6 Å². The zero-order valence-electron chi connectivity index (χ0n) is 9.79. The number of hydrazine groups is 1. The number of nitrogens with one attached hydrogen (secondary N) is 1. The summed E-state index contributed by atoms with van der Waals surface area (Å²) in [4.78, 5) is 0. The van der Waals surface area contributed by atoms with Gasteiger partial charge in [-0.2, -0.15) is 0 Å². The molecule has 1 N–H and O–H groups in total. The summed E-state index contributed by atoms with van der Waals surface area (Å²) in [7, 11) is 0. The van der Waals surface area contributed by atoms with Crippen LogP contribution in [0.15, 0.2) is 18.2 Å². The number of halogens is 1. The van der Waals surface area contributed by atoms with Crippen molar-refractivity contribution in [2.45, 2.75) is 18.9 Å². The Morgan fingerprint density at radius 1 is 1.18 bits per heavy atom. The molecular weight excluding hydrogens is 236 g/mol. The largest absolute Gasteiger partial charge is 0.379 e. The van der Waals surface area contributed by atoms with Gasteiger partial charge in [-0.25, -0.2) is 5.01 Å². The maximum atomic E-state index is 6.02. The number of benzene rings is 1. The smallest absolute Gasteiger partial charge is 0.0608 e. The maximum absolute atomic E-state index is 6.02. The number of nitrogens with zero attached hydrogens (tertiary/aromatic N) is 1. The summed E-state index contributed by atoms with van der Waals surface area (Å²) in [6.07, 6.45) is 2.18. The van der Waals surface area contributed by atoms with E-state index in [0.29, 0.717) is 6.04 Å². The lowest BCUT2D eigenvalue weighted by atomic mass is 10.1. The number of hydrogen-bond acceptors (Lipinski definition) is 3. The highest BCUT2D eigenvalue weighted by atomic mass is 35.5. The van der Waals surface area contributed by atoms with Crippen LogP contribution in [0.25, 0.3) is 0 Å². The lowest BCUT2D eigenvalue weighted by molar-refractivity contribution is 0.00443. The van der Waals surface area contributed by atoms with Gasteiger partial charge in [-0.3, -0.25) is 5.43 Å². The lowest BCUT2D eigenvalue weighted by Crippen LogP contribution is -2.50. The van der Waals surface area contributed by atoms with Crippen molar-refractivity contribution in [1.82, 2.24) is 10.4 Å². The third kappa shape index (κ3) is 2.63. The van der Waals surface area contributed by atoms with Crippen molar-refractivity contribution in [2.24, 2.45) is 0 Å². The molecule has 0 saturated carbocycles. The monoisotopic (exact) mass is 252 g/mol. The summed E-state index contributed by atoms with van der Waals surface area (Å²) in [5.74, 6) is 0. The van der Waals surface area contributed by atoms with Gasteiger partial charge in [0.1, 0.15) is 0 Å². The molecule has 17 heavy (non-hydrogen) atoms. The highest BCUT2D eigenvalue weighted by Crippen LogP contribution is 2.25. The molecule has 1 aliphatic heterocycles. The van der Waals surface area contributed by atoms with E-state index in [-0.39, 0.29) is 0 Å². The number of rotatable bonds is 2. The molecule has 0 bridgehead atoms. The predicted molar refractivity (Wildman–Crippen MR) is 68.2 cm³/mol. The average Bonchev–Trinajstić information content (AvgIpc) is 2.71. The molecule has 4 heteroatoms. The molecular formula is C13H17ClN2O. The highest BCUT2D eigenvalue weighted by molar-refractivity contribution is 6.30. The standard InChI is InChI=1S/C13H17ClN2O/c14-12-2-1-10-8-13(9-11(10)7-12)15-16-3-5-17-6-4-16/h1-2,7,13,15H,3-6,8-9H2. The van der Waals surface area contributed by atoms with Crippen LogP contribution in [0.5, 0.6) is 0 Å². The van der Waals surface area contributed by atoms with E-state index < -0.39 is 0 Å². The second kappa shape index (κ2) is 4.94. The molecule has 3 nitrogen and oxygen atoms in total. The Bertz CT molecular complexity index is 404. The first-order valence-corrected chi connectivity index (χ1v) is 6.55. The van der Waals surface area contributed by atoms with Crippen LogP contribution in [0.4, 0.5) is 0 Å². The van der Waals surface area contributed by atoms with Crippen LogP contribution in [-0.2, 0) is 17.6 Å². The van der Waals surface area contributed by atoms with Crippen LogP contribution in [-0.4, -0.2) is 37.4 Å². The van der Waals surface area contributed by atoms with E-state index in [4.69, 9.17) is 16.3 Å². The Labute approximate surface area is 107 Å². The molecule has 0 radical (unpaired) electrons. The first-order valence-electron chi connectivity index (χ1n) is 6.17. The molecule has 1 aromatic carbocycles. The van der Waals surface area contributed by atoms with Crippen LogP contribution < -0.4 is 5.43 Å². The van der Waals surface area contributed by atoms with E-state index in [1.54, 1.807) is 0 Å². The molecule has 0 amide bonds. The van der Waals surface area contributed by atoms with E-state index >= 15 is 0 Å². The third-order valence-electron chi connectivity index (χ3n) is 3.48. The second-order valence-corrected chi connectivity index (χ2v) is 5.18. The van der Waals surface area contributed by atoms with Crippen molar-refractivity contribution in [3.05, 3.63) is 34.3 Å². The van der Waals surface area contributed by atoms with Crippen molar-refractivity contribution in [3.8, 4) is 0 Å². The molecule has 1 aromatic rings. The Morgan fingerprint density at radius 2 is 1.94 bits per heavy atom. The maximum Gasteiger partial charge on any atom is 0.0608 e. The summed E-state index contributed by atoms with van der Waals surface area (Å²) in [5.41, 5.74) is 6.42. The number of hydrogen-bond donors (Lipinski definition) is 1. The SMILES string of the molecule is Clc1ccc2c(c1)CC(NN1CCOCC1)C2. The zero-order chi connectivity index (χ0) is 11.7. The molecule has 3 rings (SSSR count). The van der Waals surface area contributed by atoms with Crippen molar-refractivity contribution in [3.63, 3.8) is 0 Å². The predicted octanol–water partition coefficient (Wildman–Crippen LogP) is 1.64. The number of ether oxygens (including phenoxy) is 1. The highest BCUT2D eigenvalue weighted by Gasteiger charge is 2.23. The Morgan fingerprint density at radius 3 is 2.76 bits per heavy atom. The molecule has 92 valence electrons. The van der Waals surface area contributed by atoms with Gasteiger partial charge in [0.05, 0.1) is 13.2 Å². The minimum Gasteiger partial charge on any atom is -0.379 e. The number of morpholine rings is 1. The van der Waals surface area contributed by atoms with E-state index in [9.17, 15) is 0 Å². The molecule has 1 unspecified atom stereocenters. The van der Waals surface area contributed by atoms with Gasteiger partial charge < -0.3 is 4.74 Å². The minimum absolute atomic E-state index is 0.515. The van der Waals surface area contributed by atoms with Gasteiger partial charge in [0.15, 0.2) is 0 Å². The van der Waals surface area contributed by atoms with Crippen LogP contribution in [0.2, 0.25) is 5.02 Å². The van der Waals surface area contributed by atoms with Gasteiger partial charge in [0.25, 0.3) is 0 Å². The van der Waals surface area contributed by atoms with Gasteiger partial charge in [0.2, 0.25) is 0 Å². The summed E-state index contributed by atoms with van der Waals surface area (Å²) in [6, 6.07) is 6.75. The van der Waals surface area contributed by atoms with Gasteiger partial charge in [-0.05, 0) is 36.1 Å². The van der Waals surface area contributed by atoms with Gasteiger partial charge in [-0.1, -0.05) is 17.7 Å². The van der Waals surface area contributed by atoms with E-state index in [1.807, 2.05) is 6.07 Å². The van der Waals surface area contributed by atoms with Crippen LogP contribution >= 0.6 is 11.6 Å². The molecule has 2 aliphatic rings. The average molecular weight is 253 g/mol.